The number of carbonyl (C=O) groups excluding carboxylic acids is 1. The lowest BCUT2D eigenvalue weighted by Crippen LogP contribution is -2.24. The number of ether oxygens (including phenoxy) is 1. The van der Waals surface area contributed by atoms with Crippen molar-refractivity contribution in [1.29, 1.82) is 0 Å². The van der Waals surface area contributed by atoms with Gasteiger partial charge in [0.1, 0.15) is 5.75 Å². The zero-order valence-corrected chi connectivity index (χ0v) is 10.8. The first-order valence-electron chi connectivity index (χ1n) is 5.98. The molecule has 0 heterocycles. The molecule has 0 fully saturated rings. The molecule has 0 aliphatic carbocycles. The summed E-state index contributed by atoms with van der Waals surface area (Å²) in [5, 5.41) is 10.6. The molecule has 2 aromatic carbocycles. The zero-order valence-electron chi connectivity index (χ0n) is 10.8. The van der Waals surface area contributed by atoms with Crippen LogP contribution in [0.5, 0.6) is 11.5 Å². The molecular formula is C15H11NO5. The van der Waals surface area contributed by atoms with E-state index in [1.54, 1.807) is 36.4 Å². The van der Waals surface area contributed by atoms with E-state index in [9.17, 15) is 14.4 Å². The Balaban J connectivity index is 2.36. The number of para-hydroxylation sites is 1. The van der Waals surface area contributed by atoms with E-state index in [1.165, 1.54) is 18.2 Å². The molecule has 2 N–H and O–H groups in total. The number of nitrogens with one attached hydrogen (secondary N) is 1. The average molecular weight is 285 g/mol. The van der Waals surface area contributed by atoms with Gasteiger partial charge < -0.3 is 15.2 Å². The lowest BCUT2D eigenvalue weighted by Gasteiger charge is -2.04. The molecule has 0 saturated carbocycles. The van der Waals surface area contributed by atoms with Gasteiger partial charge in [0.15, 0.2) is 5.75 Å². The van der Waals surface area contributed by atoms with Crippen molar-refractivity contribution >= 4 is 17.6 Å². The molecule has 0 bridgehead atoms. The van der Waals surface area contributed by atoms with E-state index in [0.717, 1.165) is 0 Å². The second kappa shape index (κ2) is 6.33. The number of carboxylic acid groups (broad SMARTS) is 1. The van der Waals surface area contributed by atoms with Crippen LogP contribution in [-0.4, -0.2) is 17.0 Å². The van der Waals surface area contributed by atoms with Gasteiger partial charge in [-0.1, -0.05) is 30.3 Å². The van der Waals surface area contributed by atoms with Gasteiger partial charge in [0.2, 0.25) is 5.43 Å². The fourth-order valence-electron chi connectivity index (χ4n) is 1.55. The summed E-state index contributed by atoms with van der Waals surface area (Å²) in [5.74, 6) is -2.53. The maximum Gasteiger partial charge on any atom is 0.394 e. The highest BCUT2D eigenvalue weighted by Gasteiger charge is 2.14. The molecule has 0 aromatic heterocycles. The number of hydrogen-bond donors (Lipinski definition) is 2. The summed E-state index contributed by atoms with van der Waals surface area (Å²) >= 11 is 0. The minimum Gasteiger partial charge on any atom is -0.474 e. The average Bonchev–Trinajstić information content (AvgIpc) is 2.64. The topological polar surface area (TPSA) is 92.7 Å². The molecule has 21 heavy (non-hydrogen) atoms. The molecule has 0 aliphatic heterocycles. The smallest absolute Gasteiger partial charge is 0.394 e. The molecule has 0 atom stereocenters. The quantitative estimate of drug-likeness (QED) is 0.840. The van der Waals surface area contributed by atoms with Crippen LogP contribution in [0.1, 0.15) is 0 Å². The van der Waals surface area contributed by atoms with Crippen molar-refractivity contribution in [3.8, 4) is 11.5 Å². The van der Waals surface area contributed by atoms with Crippen LogP contribution in [0.2, 0.25) is 0 Å². The van der Waals surface area contributed by atoms with Crippen LogP contribution >= 0.6 is 0 Å². The number of amides is 1. The molecule has 2 aromatic rings. The number of hydrogen-bond acceptors (Lipinski definition) is 4. The van der Waals surface area contributed by atoms with Gasteiger partial charge in [-0.25, -0.2) is 4.79 Å². The second-order valence-corrected chi connectivity index (χ2v) is 4.00. The highest BCUT2D eigenvalue weighted by molar-refractivity contribution is 6.36. The minimum absolute atomic E-state index is 0.0214. The summed E-state index contributed by atoms with van der Waals surface area (Å²) < 4.78 is 5.44. The van der Waals surface area contributed by atoms with Gasteiger partial charge in [-0.2, -0.15) is 0 Å². The summed E-state index contributed by atoms with van der Waals surface area (Å²) in [6.45, 7) is 0. The summed E-state index contributed by atoms with van der Waals surface area (Å²) in [7, 11) is 0. The van der Waals surface area contributed by atoms with Crippen molar-refractivity contribution in [2.45, 2.75) is 0 Å². The summed E-state index contributed by atoms with van der Waals surface area (Å²) in [5.41, 5.74) is -0.781. The first kappa shape index (κ1) is 14.3. The van der Waals surface area contributed by atoms with Crippen LogP contribution in [0.4, 0.5) is 5.69 Å². The third-order valence-corrected chi connectivity index (χ3v) is 2.50. The predicted octanol–water partition coefficient (Wildman–Crippen LogP) is 1.86. The number of carbonyl (C=O) groups is 2. The maximum atomic E-state index is 12.2. The highest BCUT2D eigenvalue weighted by atomic mass is 16.5. The largest absolute Gasteiger partial charge is 0.474 e. The summed E-state index contributed by atoms with van der Waals surface area (Å²) in [6.07, 6.45) is 0. The SMILES string of the molecule is O=C(O)C(=O)Nc1ccccc(Oc2ccccc2)c1=O. The van der Waals surface area contributed by atoms with Crippen molar-refractivity contribution < 1.29 is 19.4 Å². The lowest BCUT2D eigenvalue weighted by molar-refractivity contribution is -0.147. The van der Waals surface area contributed by atoms with E-state index in [1.807, 2.05) is 5.32 Å². The predicted molar refractivity (Wildman–Crippen MR) is 75.5 cm³/mol. The Morgan fingerprint density at radius 3 is 2.24 bits per heavy atom. The van der Waals surface area contributed by atoms with Crippen LogP contribution in [0.3, 0.4) is 0 Å². The summed E-state index contributed by atoms with van der Waals surface area (Å²) in [4.78, 5) is 33.9. The van der Waals surface area contributed by atoms with Crippen LogP contribution in [0.25, 0.3) is 0 Å². The Labute approximate surface area is 119 Å². The van der Waals surface area contributed by atoms with Gasteiger partial charge in [-0.3, -0.25) is 9.59 Å². The lowest BCUT2D eigenvalue weighted by atomic mass is 10.3. The number of carboxylic acids is 1. The van der Waals surface area contributed by atoms with E-state index in [0.29, 0.717) is 5.75 Å². The Bertz CT molecular complexity index is 728. The maximum absolute atomic E-state index is 12.2. The van der Waals surface area contributed by atoms with Crippen LogP contribution in [-0.2, 0) is 9.59 Å². The third-order valence-electron chi connectivity index (χ3n) is 2.50. The van der Waals surface area contributed by atoms with E-state index in [4.69, 9.17) is 9.84 Å². The van der Waals surface area contributed by atoms with Gasteiger partial charge in [0, 0.05) is 0 Å². The molecule has 1 amide bonds. The number of rotatable bonds is 3. The van der Waals surface area contributed by atoms with Gasteiger partial charge in [0.25, 0.3) is 0 Å². The number of anilines is 1. The van der Waals surface area contributed by atoms with E-state index in [-0.39, 0.29) is 11.4 Å². The first-order chi connectivity index (χ1) is 10.1. The van der Waals surface area contributed by atoms with Crippen LogP contribution < -0.4 is 15.5 Å². The fourth-order valence-corrected chi connectivity index (χ4v) is 1.55. The van der Waals surface area contributed by atoms with Crippen LogP contribution in [0, 0.1) is 0 Å². The van der Waals surface area contributed by atoms with Crippen molar-refractivity contribution in [3.63, 3.8) is 0 Å². The van der Waals surface area contributed by atoms with Gasteiger partial charge >= 0.3 is 11.9 Å². The highest BCUT2D eigenvalue weighted by Crippen LogP contribution is 2.18. The minimum atomic E-state index is -1.67. The molecule has 0 aliphatic rings. The molecule has 0 radical (unpaired) electrons. The molecule has 6 nitrogen and oxygen atoms in total. The Hall–Kier alpha value is -3.15. The van der Waals surface area contributed by atoms with E-state index >= 15 is 0 Å². The zero-order chi connectivity index (χ0) is 15.2. The Morgan fingerprint density at radius 2 is 1.57 bits per heavy atom. The van der Waals surface area contributed by atoms with Crippen LogP contribution in [0.15, 0.2) is 59.4 Å². The van der Waals surface area contributed by atoms with E-state index in [2.05, 4.69) is 0 Å². The van der Waals surface area contributed by atoms with Gasteiger partial charge in [-0.15, -0.1) is 0 Å². The van der Waals surface area contributed by atoms with Crippen molar-refractivity contribution in [1.82, 2.24) is 0 Å². The molecule has 106 valence electrons. The first-order valence-corrected chi connectivity index (χ1v) is 5.98. The van der Waals surface area contributed by atoms with Crippen molar-refractivity contribution in [2.24, 2.45) is 0 Å². The third kappa shape index (κ3) is 3.66. The molecule has 2 rings (SSSR count). The molecule has 6 heteroatoms. The molecule has 0 unspecified atom stereocenters. The van der Waals surface area contributed by atoms with E-state index < -0.39 is 17.3 Å². The van der Waals surface area contributed by atoms with Crippen molar-refractivity contribution in [2.75, 3.05) is 5.32 Å². The molecule has 0 spiro atoms. The number of benzene rings is 1. The molecular weight excluding hydrogens is 274 g/mol. The van der Waals surface area contributed by atoms with Crippen molar-refractivity contribution in [3.05, 3.63) is 64.8 Å². The Kier molecular flexibility index (Phi) is 4.30. The summed E-state index contributed by atoms with van der Waals surface area (Å²) in [6, 6.07) is 14.4. The number of aliphatic carboxylic acids is 1. The monoisotopic (exact) mass is 285 g/mol. The fraction of sp³-hybridized carbons (Fsp3) is 0. The van der Waals surface area contributed by atoms with Gasteiger partial charge in [0.05, 0.1) is 5.69 Å². The normalized spacial score (nSPS) is 9.71. The Morgan fingerprint density at radius 1 is 0.952 bits per heavy atom. The molecule has 0 saturated heterocycles. The standard InChI is InChI=1S/C15H11NO5/c17-13-11(16-14(18)15(19)20)8-4-5-9-12(13)21-10-6-2-1-3-7-10/h1-9H,(H,19,20)(H,16,17,18). The van der Waals surface area contributed by atoms with Gasteiger partial charge in [-0.05, 0) is 24.3 Å². The second-order valence-electron chi connectivity index (χ2n) is 4.00.